The Bertz CT molecular complexity index is 340. The van der Waals surface area contributed by atoms with Crippen LogP contribution in [0.5, 0.6) is 0 Å². The summed E-state index contributed by atoms with van der Waals surface area (Å²) in [7, 11) is 0. The molecule has 2 fully saturated rings. The minimum absolute atomic E-state index is 0.858. The summed E-state index contributed by atoms with van der Waals surface area (Å²) in [6.07, 6.45) is 10.6. The Labute approximate surface area is 147 Å². The van der Waals surface area contributed by atoms with Crippen molar-refractivity contribution in [1.29, 1.82) is 0 Å². The molecule has 0 amide bonds. The van der Waals surface area contributed by atoms with Gasteiger partial charge in [-0.05, 0) is 98.2 Å². The molecular weight excluding hydrogens is 276 g/mol. The fourth-order valence-electron chi connectivity index (χ4n) is 5.96. The summed E-state index contributed by atoms with van der Waals surface area (Å²) in [6.45, 7) is 17.2. The average Bonchev–Trinajstić information content (AvgIpc) is 3.05. The molecule has 0 aromatic carbocycles. The molecule has 0 heteroatoms. The van der Waals surface area contributed by atoms with Crippen LogP contribution in [0.15, 0.2) is 0 Å². The highest BCUT2D eigenvalue weighted by Gasteiger charge is 2.41. The average molecular weight is 321 g/mol. The maximum Gasteiger partial charge on any atom is -0.0357 e. The predicted octanol–water partition coefficient (Wildman–Crippen LogP) is 7.43. The highest BCUT2D eigenvalue weighted by atomic mass is 14.5. The van der Waals surface area contributed by atoms with E-state index >= 15 is 0 Å². The Kier molecular flexibility index (Phi) is 7.05. The fraction of sp³-hybridized carbons (Fsp3) is 1.00. The van der Waals surface area contributed by atoms with Crippen LogP contribution in [0.1, 0.15) is 93.4 Å². The summed E-state index contributed by atoms with van der Waals surface area (Å²) in [5.74, 6) is 8.72. The number of hydrogen-bond acceptors (Lipinski definition) is 0. The fourth-order valence-corrected chi connectivity index (χ4v) is 5.96. The van der Waals surface area contributed by atoms with Gasteiger partial charge in [0.25, 0.3) is 0 Å². The van der Waals surface area contributed by atoms with Crippen LogP contribution in [-0.4, -0.2) is 0 Å². The predicted molar refractivity (Wildman–Crippen MR) is 103 cm³/mol. The molecular formula is C23H44. The lowest BCUT2D eigenvalue weighted by molar-refractivity contribution is 0.191. The molecule has 2 saturated carbocycles. The van der Waals surface area contributed by atoms with Crippen molar-refractivity contribution >= 4 is 0 Å². The lowest BCUT2D eigenvalue weighted by Gasteiger charge is -2.30. The van der Waals surface area contributed by atoms with Gasteiger partial charge >= 0.3 is 0 Å². The summed E-state index contributed by atoms with van der Waals surface area (Å²) in [5, 5.41) is 0. The van der Waals surface area contributed by atoms with Gasteiger partial charge in [0.2, 0.25) is 0 Å². The molecule has 2 rings (SSSR count). The molecule has 0 radical (unpaired) electrons. The summed E-state index contributed by atoms with van der Waals surface area (Å²) in [4.78, 5) is 0. The number of rotatable bonds is 7. The molecule has 0 bridgehead atoms. The Morgan fingerprint density at radius 2 is 1.57 bits per heavy atom. The quantitative estimate of drug-likeness (QED) is 0.457. The molecule has 0 N–H and O–H groups in total. The topological polar surface area (TPSA) is 0 Å². The summed E-state index contributed by atoms with van der Waals surface area (Å²) < 4.78 is 0. The molecule has 6 atom stereocenters. The van der Waals surface area contributed by atoms with E-state index in [4.69, 9.17) is 0 Å². The van der Waals surface area contributed by atoms with Gasteiger partial charge in [-0.1, -0.05) is 48.5 Å². The third-order valence-electron chi connectivity index (χ3n) is 7.67. The molecule has 2 aliphatic rings. The van der Waals surface area contributed by atoms with E-state index in [-0.39, 0.29) is 0 Å². The molecule has 0 nitrogen and oxygen atoms in total. The maximum absolute atomic E-state index is 2.61. The van der Waals surface area contributed by atoms with Gasteiger partial charge in [-0.2, -0.15) is 0 Å². The van der Waals surface area contributed by atoms with E-state index in [1.807, 2.05) is 0 Å². The Morgan fingerprint density at radius 1 is 0.870 bits per heavy atom. The van der Waals surface area contributed by atoms with E-state index in [1.165, 1.54) is 38.5 Å². The molecule has 2 aliphatic carbocycles. The van der Waals surface area contributed by atoms with Crippen molar-refractivity contribution in [2.75, 3.05) is 0 Å². The van der Waals surface area contributed by atoms with Crippen LogP contribution in [0.2, 0.25) is 0 Å². The van der Waals surface area contributed by atoms with E-state index < -0.39 is 0 Å². The monoisotopic (exact) mass is 320 g/mol. The van der Waals surface area contributed by atoms with Gasteiger partial charge in [0.05, 0.1) is 0 Å². The van der Waals surface area contributed by atoms with Crippen molar-refractivity contribution in [2.24, 2.45) is 53.3 Å². The molecule has 0 spiro atoms. The zero-order chi connectivity index (χ0) is 17.1. The van der Waals surface area contributed by atoms with Gasteiger partial charge in [-0.15, -0.1) is 0 Å². The molecule has 0 aliphatic heterocycles. The molecule has 0 aromatic rings. The van der Waals surface area contributed by atoms with Crippen molar-refractivity contribution in [3.8, 4) is 0 Å². The first-order valence-electron chi connectivity index (χ1n) is 10.8. The molecule has 136 valence electrons. The van der Waals surface area contributed by atoms with Gasteiger partial charge in [-0.25, -0.2) is 0 Å². The van der Waals surface area contributed by atoms with Crippen LogP contribution in [-0.2, 0) is 0 Å². The van der Waals surface area contributed by atoms with Gasteiger partial charge in [0, 0.05) is 0 Å². The Morgan fingerprint density at radius 3 is 2.09 bits per heavy atom. The van der Waals surface area contributed by atoms with Crippen LogP contribution in [0.4, 0.5) is 0 Å². The van der Waals surface area contributed by atoms with Crippen LogP contribution in [0, 0.1) is 53.3 Å². The number of hydrogen-bond donors (Lipinski definition) is 0. The molecule has 23 heavy (non-hydrogen) atoms. The van der Waals surface area contributed by atoms with E-state index in [0.29, 0.717) is 0 Å². The van der Waals surface area contributed by atoms with Crippen LogP contribution >= 0.6 is 0 Å². The lowest BCUT2D eigenvalue weighted by Crippen LogP contribution is -2.22. The zero-order valence-electron chi connectivity index (χ0n) is 17.1. The minimum atomic E-state index is 0.858. The lowest BCUT2D eigenvalue weighted by atomic mass is 9.75. The van der Waals surface area contributed by atoms with Gasteiger partial charge < -0.3 is 0 Å². The van der Waals surface area contributed by atoms with Crippen molar-refractivity contribution in [3.05, 3.63) is 0 Å². The van der Waals surface area contributed by atoms with Crippen LogP contribution in [0.3, 0.4) is 0 Å². The van der Waals surface area contributed by atoms with Crippen molar-refractivity contribution < 1.29 is 0 Å². The highest BCUT2D eigenvalue weighted by Crippen LogP contribution is 2.51. The van der Waals surface area contributed by atoms with E-state index in [2.05, 4.69) is 48.5 Å². The summed E-state index contributed by atoms with van der Waals surface area (Å²) >= 11 is 0. The Hall–Kier alpha value is 0. The molecule has 0 aromatic heterocycles. The molecule has 0 heterocycles. The maximum atomic E-state index is 2.61. The van der Waals surface area contributed by atoms with E-state index in [9.17, 15) is 0 Å². The van der Waals surface area contributed by atoms with E-state index in [0.717, 1.165) is 53.3 Å². The summed E-state index contributed by atoms with van der Waals surface area (Å²) in [6, 6.07) is 0. The van der Waals surface area contributed by atoms with Gasteiger partial charge in [0.15, 0.2) is 0 Å². The highest BCUT2D eigenvalue weighted by molar-refractivity contribution is 4.91. The van der Waals surface area contributed by atoms with E-state index in [1.54, 1.807) is 6.42 Å². The zero-order valence-corrected chi connectivity index (χ0v) is 17.1. The van der Waals surface area contributed by atoms with Gasteiger partial charge in [-0.3, -0.25) is 0 Å². The standard InChI is InChI=1S/C23H44/c1-15(2)12-22(17(5)6)14-20-10-11-23(18(20)7)21-9-8-19(13-21)16(3)4/h15-23H,8-14H2,1-7H3. The van der Waals surface area contributed by atoms with Crippen molar-refractivity contribution in [1.82, 2.24) is 0 Å². The second kappa shape index (κ2) is 8.39. The third-order valence-corrected chi connectivity index (χ3v) is 7.67. The normalized spacial score (nSPS) is 36.5. The smallest absolute Gasteiger partial charge is 0.0357 e. The molecule has 0 saturated heterocycles. The Balaban J connectivity index is 1.89. The van der Waals surface area contributed by atoms with Crippen molar-refractivity contribution in [2.45, 2.75) is 93.4 Å². The minimum Gasteiger partial charge on any atom is -0.0628 e. The second-order valence-corrected chi connectivity index (χ2v) is 10.3. The largest absolute Gasteiger partial charge is 0.0628 e. The van der Waals surface area contributed by atoms with Crippen LogP contribution in [0.25, 0.3) is 0 Å². The second-order valence-electron chi connectivity index (χ2n) is 10.3. The first kappa shape index (κ1) is 19.3. The SMILES string of the molecule is CC(C)CC(CC1CCC(C2CCC(C(C)C)C2)C1C)C(C)C. The van der Waals surface area contributed by atoms with Gasteiger partial charge in [0.1, 0.15) is 0 Å². The summed E-state index contributed by atoms with van der Waals surface area (Å²) in [5.41, 5.74) is 0. The van der Waals surface area contributed by atoms with Crippen molar-refractivity contribution in [3.63, 3.8) is 0 Å². The third kappa shape index (κ3) is 4.99. The first-order chi connectivity index (χ1) is 10.8. The van der Waals surface area contributed by atoms with Crippen LogP contribution < -0.4 is 0 Å². The first-order valence-corrected chi connectivity index (χ1v) is 10.8. The molecule has 6 unspecified atom stereocenters.